The molecule has 0 amide bonds. The van der Waals surface area contributed by atoms with Gasteiger partial charge < -0.3 is 14.2 Å². The Hall–Kier alpha value is -2.63. The van der Waals surface area contributed by atoms with Crippen molar-refractivity contribution in [1.29, 1.82) is 0 Å². The van der Waals surface area contributed by atoms with Gasteiger partial charge in [0, 0.05) is 19.3 Å². The molecular formula is C53H94O6. The van der Waals surface area contributed by atoms with Gasteiger partial charge in [0.05, 0.1) is 0 Å². The van der Waals surface area contributed by atoms with Crippen molar-refractivity contribution >= 4 is 17.9 Å². The number of ether oxygens (including phenoxy) is 3. The maximum atomic E-state index is 12.7. The first-order valence-electron chi connectivity index (χ1n) is 25.1. The molecule has 0 radical (unpaired) electrons. The minimum Gasteiger partial charge on any atom is -0.462 e. The molecule has 0 unspecified atom stereocenters. The van der Waals surface area contributed by atoms with Gasteiger partial charge in [0.15, 0.2) is 6.10 Å². The van der Waals surface area contributed by atoms with Crippen molar-refractivity contribution in [2.24, 2.45) is 0 Å². The van der Waals surface area contributed by atoms with Crippen molar-refractivity contribution < 1.29 is 28.6 Å². The van der Waals surface area contributed by atoms with Gasteiger partial charge in [-0.2, -0.15) is 0 Å². The van der Waals surface area contributed by atoms with Gasteiger partial charge in [0.2, 0.25) is 0 Å². The van der Waals surface area contributed by atoms with E-state index in [4.69, 9.17) is 14.2 Å². The van der Waals surface area contributed by atoms with Crippen LogP contribution in [0.5, 0.6) is 0 Å². The Morgan fingerprint density at radius 1 is 0.339 bits per heavy atom. The molecule has 0 bridgehead atoms. The molecule has 0 aromatic carbocycles. The molecule has 0 spiro atoms. The number of unbranched alkanes of at least 4 members (excludes halogenated alkanes) is 26. The summed E-state index contributed by atoms with van der Waals surface area (Å²) in [7, 11) is 0. The van der Waals surface area contributed by atoms with E-state index in [1.165, 1.54) is 122 Å². The molecule has 6 heteroatoms. The van der Waals surface area contributed by atoms with E-state index in [0.29, 0.717) is 19.3 Å². The molecule has 1 atom stereocenters. The fourth-order valence-electron chi connectivity index (χ4n) is 6.92. The molecule has 0 saturated carbocycles. The lowest BCUT2D eigenvalue weighted by Crippen LogP contribution is -2.30. The normalized spacial score (nSPS) is 12.4. The number of esters is 3. The molecule has 0 aromatic rings. The average Bonchev–Trinajstić information content (AvgIpc) is 3.23. The second-order valence-corrected chi connectivity index (χ2v) is 16.7. The largest absolute Gasteiger partial charge is 0.462 e. The van der Waals surface area contributed by atoms with Crippen LogP contribution in [0, 0.1) is 0 Å². The van der Waals surface area contributed by atoms with Crippen molar-refractivity contribution in [3.63, 3.8) is 0 Å². The van der Waals surface area contributed by atoms with Gasteiger partial charge in [0.1, 0.15) is 13.2 Å². The second kappa shape index (κ2) is 48.0. The summed E-state index contributed by atoms with van der Waals surface area (Å²) in [6, 6.07) is 0. The Kier molecular flexibility index (Phi) is 45.9. The maximum absolute atomic E-state index is 12.7. The van der Waals surface area contributed by atoms with Gasteiger partial charge in [-0.15, -0.1) is 0 Å². The fraction of sp³-hybridized carbons (Fsp3) is 0.792. The summed E-state index contributed by atoms with van der Waals surface area (Å²) in [6.07, 6.45) is 56.6. The molecule has 0 heterocycles. The molecule has 59 heavy (non-hydrogen) atoms. The zero-order valence-electron chi connectivity index (χ0n) is 39.0. The highest BCUT2D eigenvalue weighted by Crippen LogP contribution is 2.14. The van der Waals surface area contributed by atoms with Crippen LogP contribution in [0.4, 0.5) is 0 Å². The SMILES string of the molecule is CCCC/C=C\CCCCCCCC(=O)O[C@@H](COC(=O)CCCCCCC/C=C\CCCCCC)COC(=O)CCCCCCCCC/C=C\C/C=C\CCCCC. The topological polar surface area (TPSA) is 78.9 Å². The summed E-state index contributed by atoms with van der Waals surface area (Å²) in [5.74, 6) is -0.905. The summed E-state index contributed by atoms with van der Waals surface area (Å²) < 4.78 is 16.7. The zero-order chi connectivity index (χ0) is 43.0. The van der Waals surface area contributed by atoms with Crippen LogP contribution in [0.25, 0.3) is 0 Å². The quantitative estimate of drug-likeness (QED) is 0.0263. The van der Waals surface area contributed by atoms with Gasteiger partial charge in [-0.3, -0.25) is 14.4 Å². The molecule has 0 N–H and O–H groups in total. The second-order valence-electron chi connectivity index (χ2n) is 16.7. The van der Waals surface area contributed by atoms with E-state index < -0.39 is 6.10 Å². The lowest BCUT2D eigenvalue weighted by molar-refractivity contribution is -0.167. The van der Waals surface area contributed by atoms with Crippen LogP contribution < -0.4 is 0 Å². The highest BCUT2D eigenvalue weighted by atomic mass is 16.6. The minimum absolute atomic E-state index is 0.0828. The summed E-state index contributed by atoms with van der Waals surface area (Å²) in [6.45, 7) is 6.54. The third-order valence-electron chi connectivity index (χ3n) is 10.8. The van der Waals surface area contributed by atoms with Gasteiger partial charge in [-0.25, -0.2) is 0 Å². The fourth-order valence-corrected chi connectivity index (χ4v) is 6.92. The summed E-state index contributed by atoms with van der Waals surface area (Å²) in [4.78, 5) is 37.9. The molecule has 0 saturated heterocycles. The molecule has 0 aliphatic heterocycles. The van der Waals surface area contributed by atoms with Crippen LogP contribution in [0.15, 0.2) is 48.6 Å². The van der Waals surface area contributed by atoms with E-state index in [0.717, 1.165) is 89.9 Å². The van der Waals surface area contributed by atoms with Crippen molar-refractivity contribution in [2.75, 3.05) is 13.2 Å². The van der Waals surface area contributed by atoms with Crippen molar-refractivity contribution in [1.82, 2.24) is 0 Å². The van der Waals surface area contributed by atoms with Crippen LogP contribution in [0.1, 0.15) is 252 Å². The van der Waals surface area contributed by atoms with Crippen LogP contribution in [0.2, 0.25) is 0 Å². The minimum atomic E-state index is -0.781. The predicted octanol–water partition coefficient (Wildman–Crippen LogP) is 16.3. The van der Waals surface area contributed by atoms with E-state index in [2.05, 4.69) is 69.4 Å². The van der Waals surface area contributed by atoms with E-state index >= 15 is 0 Å². The van der Waals surface area contributed by atoms with Gasteiger partial charge in [0.25, 0.3) is 0 Å². The molecule has 0 aromatic heterocycles. The van der Waals surface area contributed by atoms with Crippen LogP contribution in [-0.2, 0) is 28.6 Å². The van der Waals surface area contributed by atoms with E-state index in [-0.39, 0.29) is 31.1 Å². The molecule has 342 valence electrons. The lowest BCUT2D eigenvalue weighted by Gasteiger charge is -2.18. The number of hydrogen-bond donors (Lipinski definition) is 0. The summed E-state index contributed by atoms with van der Waals surface area (Å²) in [5, 5.41) is 0. The third-order valence-corrected chi connectivity index (χ3v) is 10.8. The summed E-state index contributed by atoms with van der Waals surface area (Å²) in [5.41, 5.74) is 0. The van der Waals surface area contributed by atoms with Gasteiger partial charge in [-0.05, 0) is 96.3 Å². The molecule has 6 nitrogen and oxygen atoms in total. The van der Waals surface area contributed by atoms with E-state index in [9.17, 15) is 14.4 Å². The smallest absolute Gasteiger partial charge is 0.306 e. The van der Waals surface area contributed by atoms with Crippen molar-refractivity contribution in [3.8, 4) is 0 Å². The summed E-state index contributed by atoms with van der Waals surface area (Å²) >= 11 is 0. The third kappa shape index (κ3) is 46.3. The Balaban J connectivity index is 4.36. The van der Waals surface area contributed by atoms with Gasteiger partial charge >= 0.3 is 17.9 Å². The molecular weight excluding hydrogens is 733 g/mol. The number of carbonyl (C=O) groups excluding carboxylic acids is 3. The van der Waals surface area contributed by atoms with Crippen molar-refractivity contribution in [2.45, 2.75) is 258 Å². The molecule has 0 aliphatic rings. The Labute approximate surface area is 365 Å². The highest BCUT2D eigenvalue weighted by molar-refractivity contribution is 5.71. The first kappa shape index (κ1) is 56.4. The molecule has 0 aliphatic carbocycles. The first-order valence-corrected chi connectivity index (χ1v) is 25.1. The monoisotopic (exact) mass is 827 g/mol. The molecule has 0 rings (SSSR count). The Morgan fingerprint density at radius 2 is 0.627 bits per heavy atom. The average molecular weight is 827 g/mol. The zero-order valence-corrected chi connectivity index (χ0v) is 39.0. The van der Waals surface area contributed by atoms with E-state index in [1.807, 2.05) is 0 Å². The van der Waals surface area contributed by atoms with Crippen molar-refractivity contribution in [3.05, 3.63) is 48.6 Å². The standard InChI is InChI=1S/C53H94O6/c1-4-7-10-13-16-19-22-24-25-26-27-29-32-34-37-40-43-46-52(55)58-49-50(59-53(56)47-44-41-38-35-30-21-18-15-12-9-6-3)48-57-51(54)45-42-39-36-33-31-28-23-20-17-14-11-8-5-2/h15-16,18-20,23-25,50H,4-14,17,21-22,26-49H2,1-3H3/b18-15-,19-16-,23-20-,25-24-/t50-/m0/s1. The van der Waals surface area contributed by atoms with Gasteiger partial charge in [-0.1, -0.05) is 185 Å². The Bertz CT molecular complexity index is 1040. The predicted molar refractivity (Wildman–Crippen MR) is 252 cm³/mol. The number of allylic oxidation sites excluding steroid dienone is 8. The van der Waals surface area contributed by atoms with Crippen LogP contribution in [0.3, 0.4) is 0 Å². The highest BCUT2D eigenvalue weighted by Gasteiger charge is 2.19. The number of hydrogen-bond acceptors (Lipinski definition) is 6. The number of rotatable bonds is 45. The lowest BCUT2D eigenvalue weighted by atomic mass is 10.1. The first-order chi connectivity index (χ1) is 29.0. The Morgan fingerprint density at radius 3 is 1.03 bits per heavy atom. The van der Waals surface area contributed by atoms with Crippen LogP contribution >= 0.6 is 0 Å². The van der Waals surface area contributed by atoms with E-state index in [1.54, 1.807) is 0 Å². The van der Waals surface area contributed by atoms with Crippen LogP contribution in [-0.4, -0.2) is 37.2 Å². The number of carbonyl (C=O) groups is 3. The maximum Gasteiger partial charge on any atom is 0.306 e. The molecule has 0 fully saturated rings.